The molecule has 4 heteroatoms. The van der Waals surface area contributed by atoms with Gasteiger partial charge in [-0.15, -0.1) is 0 Å². The highest BCUT2D eigenvalue weighted by molar-refractivity contribution is 6.74. The Kier molecular flexibility index (Phi) is 5.59. The maximum atomic E-state index is 6.25. The van der Waals surface area contributed by atoms with Crippen molar-refractivity contribution in [2.24, 2.45) is 0 Å². The highest BCUT2D eigenvalue weighted by atomic mass is 28.4. The average molecular weight is 271 g/mol. The van der Waals surface area contributed by atoms with Crippen molar-refractivity contribution in [2.45, 2.75) is 51.4 Å². The standard InChI is InChI=1S/C14H29NO2Si/c1-14(2,3)18(5,6)17-11-13-9-12(10-16-4)7-8-15-13/h9,13,15H,7-8,10-11H2,1-6H3. The summed E-state index contributed by atoms with van der Waals surface area (Å²) >= 11 is 0. The molecular formula is C14H29NO2Si. The van der Waals surface area contributed by atoms with Gasteiger partial charge < -0.3 is 14.5 Å². The third kappa shape index (κ3) is 4.50. The number of nitrogens with one attached hydrogen (secondary N) is 1. The molecule has 0 radical (unpaired) electrons. The summed E-state index contributed by atoms with van der Waals surface area (Å²) in [5.41, 5.74) is 1.39. The Bertz CT molecular complexity index is 295. The smallest absolute Gasteiger partial charge is 0.192 e. The van der Waals surface area contributed by atoms with Crippen molar-refractivity contribution in [3.63, 3.8) is 0 Å². The Hall–Kier alpha value is -0.163. The van der Waals surface area contributed by atoms with Gasteiger partial charge in [0, 0.05) is 13.2 Å². The first kappa shape index (κ1) is 15.9. The lowest BCUT2D eigenvalue weighted by molar-refractivity contribution is 0.216. The van der Waals surface area contributed by atoms with Gasteiger partial charge in [-0.1, -0.05) is 26.8 Å². The van der Waals surface area contributed by atoms with Crippen LogP contribution in [0.4, 0.5) is 0 Å². The van der Waals surface area contributed by atoms with E-state index in [0.29, 0.717) is 6.04 Å². The third-order valence-electron chi connectivity index (χ3n) is 4.05. The van der Waals surface area contributed by atoms with Crippen LogP contribution in [0.1, 0.15) is 27.2 Å². The zero-order chi connectivity index (χ0) is 13.8. The van der Waals surface area contributed by atoms with Gasteiger partial charge in [0.1, 0.15) is 0 Å². The molecule has 0 aromatic rings. The molecule has 1 heterocycles. The number of methoxy groups -OCH3 is 1. The normalized spacial score (nSPS) is 21.9. The second kappa shape index (κ2) is 6.33. The van der Waals surface area contributed by atoms with Gasteiger partial charge in [-0.2, -0.15) is 0 Å². The molecule has 1 aliphatic rings. The minimum Gasteiger partial charge on any atom is -0.415 e. The molecule has 0 spiro atoms. The zero-order valence-corrected chi connectivity index (χ0v) is 13.8. The van der Waals surface area contributed by atoms with E-state index in [1.54, 1.807) is 7.11 Å². The topological polar surface area (TPSA) is 30.5 Å². The van der Waals surface area contributed by atoms with Crippen molar-refractivity contribution in [2.75, 3.05) is 26.9 Å². The molecule has 1 unspecified atom stereocenters. The highest BCUT2D eigenvalue weighted by Gasteiger charge is 2.37. The Labute approximate surface area is 113 Å². The summed E-state index contributed by atoms with van der Waals surface area (Å²) in [6.45, 7) is 14.0. The summed E-state index contributed by atoms with van der Waals surface area (Å²) < 4.78 is 11.5. The monoisotopic (exact) mass is 271 g/mol. The van der Waals surface area contributed by atoms with Gasteiger partial charge in [-0.05, 0) is 36.7 Å². The third-order valence-corrected chi connectivity index (χ3v) is 8.55. The van der Waals surface area contributed by atoms with Gasteiger partial charge in [-0.25, -0.2) is 0 Å². The number of hydrogen-bond acceptors (Lipinski definition) is 3. The SMILES string of the molecule is COCC1=CC(CO[Si](C)(C)C(C)(C)C)NCC1. The van der Waals surface area contributed by atoms with E-state index in [1.165, 1.54) is 5.57 Å². The van der Waals surface area contributed by atoms with E-state index in [-0.39, 0.29) is 5.04 Å². The fraction of sp³-hybridized carbons (Fsp3) is 0.857. The summed E-state index contributed by atoms with van der Waals surface area (Å²) in [5.74, 6) is 0. The lowest BCUT2D eigenvalue weighted by Gasteiger charge is -2.37. The number of rotatable bonds is 5. The van der Waals surface area contributed by atoms with Gasteiger partial charge in [0.15, 0.2) is 8.32 Å². The fourth-order valence-corrected chi connectivity index (χ4v) is 2.80. The van der Waals surface area contributed by atoms with Gasteiger partial charge in [-0.3, -0.25) is 0 Å². The Morgan fingerprint density at radius 2 is 2.06 bits per heavy atom. The molecule has 0 bridgehead atoms. The molecule has 0 aliphatic carbocycles. The van der Waals surface area contributed by atoms with Crippen molar-refractivity contribution in [1.29, 1.82) is 0 Å². The maximum Gasteiger partial charge on any atom is 0.192 e. The minimum atomic E-state index is -1.63. The van der Waals surface area contributed by atoms with Crippen LogP contribution in [0.25, 0.3) is 0 Å². The van der Waals surface area contributed by atoms with Crippen LogP contribution in [-0.4, -0.2) is 41.2 Å². The first-order valence-electron chi connectivity index (χ1n) is 6.82. The molecule has 0 aromatic heterocycles. The van der Waals surface area contributed by atoms with Crippen LogP contribution >= 0.6 is 0 Å². The van der Waals surface area contributed by atoms with Gasteiger partial charge >= 0.3 is 0 Å². The summed E-state index contributed by atoms with van der Waals surface area (Å²) in [4.78, 5) is 0. The molecule has 1 N–H and O–H groups in total. The van der Waals surface area contributed by atoms with Crippen molar-refractivity contribution >= 4 is 8.32 Å². The molecule has 0 fully saturated rings. The van der Waals surface area contributed by atoms with Crippen molar-refractivity contribution in [3.8, 4) is 0 Å². The highest BCUT2D eigenvalue weighted by Crippen LogP contribution is 2.36. The van der Waals surface area contributed by atoms with E-state index in [9.17, 15) is 0 Å². The Morgan fingerprint density at radius 3 is 2.61 bits per heavy atom. The average Bonchev–Trinajstić information content (AvgIpc) is 2.26. The number of ether oxygens (including phenoxy) is 1. The summed E-state index contributed by atoms with van der Waals surface area (Å²) in [7, 11) is 0.124. The van der Waals surface area contributed by atoms with E-state index in [2.05, 4.69) is 45.3 Å². The van der Waals surface area contributed by atoms with Crippen molar-refractivity contribution < 1.29 is 9.16 Å². The maximum absolute atomic E-state index is 6.25. The van der Waals surface area contributed by atoms with Crippen molar-refractivity contribution in [3.05, 3.63) is 11.6 Å². The fourth-order valence-electron chi connectivity index (χ4n) is 1.77. The van der Waals surface area contributed by atoms with Crippen LogP contribution in [0.2, 0.25) is 18.1 Å². The van der Waals surface area contributed by atoms with E-state index in [4.69, 9.17) is 9.16 Å². The molecule has 0 aromatic carbocycles. The van der Waals surface area contributed by atoms with E-state index < -0.39 is 8.32 Å². The molecule has 0 saturated carbocycles. The molecule has 3 nitrogen and oxygen atoms in total. The van der Waals surface area contributed by atoms with Crippen LogP contribution in [0, 0.1) is 0 Å². The summed E-state index contributed by atoms with van der Waals surface area (Å²) in [6, 6.07) is 0.345. The molecule has 106 valence electrons. The molecule has 1 rings (SSSR count). The molecule has 1 aliphatic heterocycles. The Balaban J connectivity index is 2.51. The van der Waals surface area contributed by atoms with Crippen LogP contribution in [0.5, 0.6) is 0 Å². The van der Waals surface area contributed by atoms with E-state index in [1.807, 2.05) is 0 Å². The quantitative estimate of drug-likeness (QED) is 0.616. The summed E-state index contributed by atoms with van der Waals surface area (Å²) in [5, 5.41) is 3.78. The predicted molar refractivity (Wildman–Crippen MR) is 79.5 cm³/mol. The lowest BCUT2D eigenvalue weighted by atomic mass is 10.1. The van der Waals surface area contributed by atoms with Gasteiger partial charge in [0.2, 0.25) is 0 Å². The summed E-state index contributed by atoms with van der Waals surface area (Å²) in [6.07, 6.45) is 3.37. The second-order valence-electron chi connectivity index (χ2n) is 6.64. The van der Waals surface area contributed by atoms with E-state index >= 15 is 0 Å². The Morgan fingerprint density at radius 1 is 1.39 bits per heavy atom. The largest absolute Gasteiger partial charge is 0.415 e. The van der Waals surface area contributed by atoms with Gasteiger partial charge in [0.05, 0.1) is 13.2 Å². The minimum absolute atomic E-state index is 0.279. The van der Waals surface area contributed by atoms with Gasteiger partial charge in [0.25, 0.3) is 0 Å². The molecule has 1 atom stereocenters. The first-order chi connectivity index (χ1) is 8.26. The van der Waals surface area contributed by atoms with Crippen LogP contribution in [0.15, 0.2) is 11.6 Å². The zero-order valence-electron chi connectivity index (χ0n) is 12.8. The van der Waals surface area contributed by atoms with Crippen LogP contribution in [0.3, 0.4) is 0 Å². The van der Waals surface area contributed by atoms with E-state index in [0.717, 1.165) is 26.2 Å². The molecule has 0 amide bonds. The molecule has 18 heavy (non-hydrogen) atoms. The molecule has 0 saturated heterocycles. The lowest BCUT2D eigenvalue weighted by Crippen LogP contribution is -2.45. The van der Waals surface area contributed by atoms with Crippen LogP contribution < -0.4 is 5.32 Å². The first-order valence-corrected chi connectivity index (χ1v) is 9.73. The number of hydrogen-bond donors (Lipinski definition) is 1. The van der Waals surface area contributed by atoms with Crippen molar-refractivity contribution in [1.82, 2.24) is 5.32 Å². The second-order valence-corrected chi connectivity index (χ2v) is 11.4. The van der Waals surface area contributed by atoms with Crippen LogP contribution in [-0.2, 0) is 9.16 Å². The predicted octanol–water partition coefficient (Wildman–Crippen LogP) is 2.94. The molecular weight excluding hydrogens is 242 g/mol.